The molecular formula is C18H21F2N5O5S. The molecule has 2 amide bonds. The lowest BCUT2D eigenvalue weighted by Crippen LogP contribution is -2.47. The topological polar surface area (TPSA) is 123 Å². The minimum atomic E-state index is -4.41. The molecule has 1 aliphatic heterocycles. The fraction of sp³-hybridized carbons (Fsp3) is 0.389. The molecule has 0 bridgehead atoms. The van der Waals surface area contributed by atoms with Crippen molar-refractivity contribution < 1.29 is 31.5 Å². The number of benzene rings is 1. The quantitative estimate of drug-likeness (QED) is 0.419. The van der Waals surface area contributed by atoms with Gasteiger partial charge in [-0.05, 0) is 24.6 Å². The SMILES string of the molecule is O=C(NCCCn1ccnc1)C(=O)NC[C@@H]1OCCN1S(=O)(=O)c1cc(F)ccc1F. The molecule has 31 heavy (non-hydrogen) atoms. The van der Waals surface area contributed by atoms with Gasteiger partial charge in [0.2, 0.25) is 10.0 Å². The van der Waals surface area contributed by atoms with Crippen LogP contribution in [0, 0.1) is 11.6 Å². The van der Waals surface area contributed by atoms with Crippen molar-refractivity contribution in [3.05, 3.63) is 48.6 Å². The predicted octanol–water partition coefficient (Wildman–Crippen LogP) is -0.169. The van der Waals surface area contributed by atoms with Crippen molar-refractivity contribution in [2.45, 2.75) is 24.1 Å². The number of nitrogens with one attached hydrogen (secondary N) is 2. The van der Waals surface area contributed by atoms with Crippen LogP contribution in [0.25, 0.3) is 0 Å². The molecule has 168 valence electrons. The van der Waals surface area contributed by atoms with Crippen molar-refractivity contribution in [3.8, 4) is 0 Å². The first-order valence-electron chi connectivity index (χ1n) is 9.39. The molecule has 0 radical (unpaired) electrons. The molecule has 1 aliphatic rings. The molecule has 1 aromatic heterocycles. The van der Waals surface area contributed by atoms with Crippen molar-refractivity contribution in [2.75, 3.05) is 26.2 Å². The summed E-state index contributed by atoms with van der Waals surface area (Å²) in [6, 6.07) is 2.10. The molecule has 2 aromatic rings. The highest BCUT2D eigenvalue weighted by molar-refractivity contribution is 7.89. The Hall–Kier alpha value is -2.90. The van der Waals surface area contributed by atoms with Crippen LogP contribution in [0.3, 0.4) is 0 Å². The molecule has 1 atom stereocenters. The molecular weight excluding hydrogens is 436 g/mol. The molecule has 0 spiro atoms. The van der Waals surface area contributed by atoms with Crippen molar-refractivity contribution in [3.63, 3.8) is 0 Å². The predicted molar refractivity (Wildman–Crippen MR) is 103 cm³/mol. The van der Waals surface area contributed by atoms with Gasteiger partial charge < -0.3 is 19.9 Å². The van der Waals surface area contributed by atoms with Gasteiger partial charge in [-0.2, -0.15) is 4.31 Å². The summed E-state index contributed by atoms with van der Waals surface area (Å²) in [5.41, 5.74) is 0. The standard InChI is InChI=1S/C18H21F2N5O5S/c19-13-2-3-14(20)15(10-13)31(28,29)25-8-9-30-16(25)11-23-18(27)17(26)22-4-1-6-24-7-5-21-12-24/h2-3,5,7,10,12,16H,1,4,6,8-9,11H2,(H,22,26)(H,23,27)/t16-/m0/s1. The molecule has 0 unspecified atom stereocenters. The number of nitrogens with zero attached hydrogens (tertiary/aromatic N) is 3. The maximum absolute atomic E-state index is 14.0. The van der Waals surface area contributed by atoms with Crippen LogP contribution in [-0.2, 0) is 30.9 Å². The number of amides is 2. The number of sulfonamides is 1. The molecule has 0 saturated carbocycles. The number of ether oxygens (including phenoxy) is 1. The van der Waals surface area contributed by atoms with E-state index in [1.165, 1.54) is 0 Å². The first-order chi connectivity index (χ1) is 14.8. The first-order valence-corrected chi connectivity index (χ1v) is 10.8. The number of hydrogen-bond donors (Lipinski definition) is 2. The van der Waals surface area contributed by atoms with Crippen molar-refractivity contribution in [1.82, 2.24) is 24.5 Å². The summed E-state index contributed by atoms with van der Waals surface area (Å²) in [4.78, 5) is 26.9. The first kappa shape index (κ1) is 22.8. The third-order valence-corrected chi connectivity index (χ3v) is 6.41. The Morgan fingerprint density at radius 1 is 1.23 bits per heavy atom. The fourth-order valence-electron chi connectivity index (χ4n) is 2.97. The summed E-state index contributed by atoms with van der Waals surface area (Å²) in [5, 5.41) is 4.75. The summed E-state index contributed by atoms with van der Waals surface area (Å²) < 4.78 is 60.7. The highest BCUT2D eigenvalue weighted by Crippen LogP contribution is 2.24. The van der Waals surface area contributed by atoms with E-state index >= 15 is 0 Å². The van der Waals surface area contributed by atoms with Gasteiger partial charge in [-0.1, -0.05) is 0 Å². The number of halogens is 2. The van der Waals surface area contributed by atoms with Crippen LogP contribution < -0.4 is 10.6 Å². The second kappa shape index (κ2) is 9.94. The molecule has 1 saturated heterocycles. The van der Waals surface area contributed by atoms with Crippen LogP contribution in [-0.4, -0.2) is 66.6 Å². The van der Waals surface area contributed by atoms with Crippen molar-refractivity contribution >= 4 is 21.8 Å². The van der Waals surface area contributed by atoms with E-state index in [1.54, 1.807) is 18.7 Å². The molecule has 2 N–H and O–H groups in total. The molecule has 10 nitrogen and oxygen atoms in total. The van der Waals surface area contributed by atoms with Crippen molar-refractivity contribution in [1.29, 1.82) is 0 Å². The van der Waals surface area contributed by atoms with Gasteiger partial charge in [-0.3, -0.25) is 9.59 Å². The number of carbonyl (C=O) groups is 2. The van der Waals surface area contributed by atoms with E-state index in [2.05, 4.69) is 15.6 Å². The Bertz CT molecular complexity index is 1030. The summed E-state index contributed by atoms with van der Waals surface area (Å²) >= 11 is 0. The van der Waals surface area contributed by atoms with Gasteiger partial charge in [0.15, 0.2) is 0 Å². The molecule has 3 rings (SSSR count). The van der Waals surface area contributed by atoms with Crippen molar-refractivity contribution in [2.24, 2.45) is 0 Å². The van der Waals surface area contributed by atoms with Gasteiger partial charge in [-0.15, -0.1) is 0 Å². The third kappa shape index (κ3) is 5.62. The van der Waals surface area contributed by atoms with E-state index in [0.717, 1.165) is 10.4 Å². The van der Waals surface area contributed by atoms with Crippen LogP contribution in [0.2, 0.25) is 0 Å². The number of carbonyl (C=O) groups excluding carboxylic acids is 2. The van der Waals surface area contributed by atoms with E-state index in [0.29, 0.717) is 25.1 Å². The zero-order valence-corrected chi connectivity index (χ0v) is 17.1. The van der Waals surface area contributed by atoms with Crippen LogP contribution >= 0.6 is 0 Å². The van der Waals surface area contributed by atoms with E-state index in [1.807, 2.05) is 4.57 Å². The van der Waals surface area contributed by atoms with E-state index < -0.39 is 44.6 Å². The average Bonchev–Trinajstić information content (AvgIpc) is 3.43. The lowest BCUT2D eigenvalue weighted by Gasteiger charge is -2.23. The van der Waals surface area contributed by atoms with E-state index in [-0.39, 0.29) is 26.2 Å². The molecule has 1 fully saturated rings. The number of aryl methyl sites for hydroxylation is 1. The Kier molecular flexibility index (Phi) is 7.30. The number of rotatable bonds is 8. The highest BCUT2D eigenvalue weighted by Gasteiger charge is 2.38. The van der Waals surface area contributed by atoms with E-state index in [4.69, 9.17) is 4.74 Å². The smallest absolute Gasteiger partial charge is 0.309 e. The fourth-order valence-corrected chi connectivity index (χ4v) is 4.55. The summed E-state index contributed by atoms with van der Waals surface area (Å²) in [5.74, 6) is -3.86. The lowest BCUT2D eigenvalue weighted by atomic mass is 10.3. The highest BCUT2D eigenvalue weighted by atomic mass is 32.2. The minimum Gasteiger partial charge on any atom is -0.359 e. The summed E-state index contributed by atoms with van der Waals surface area (Å²) in [7, 11) is -4.41. The second-order valence-electron chi connectivity index (χ2n) is 6.64. The zero-order chi connectivity index (χ0) is 22.4. The average molecular weight is 457 g/mol. The molecule has 1 aromatic carbocycles. The Morgan fingerprint density at radius 3 is 2.74 bits per heavy atom. The molecule has 0 aliphatic carbocycles. The van der Waals surface area contributed by atoms with E-state index in [9.17, 15) is 26.8 Å². The number of hydrogen-bond acceptors (Lipinski definition) is 6. The van der Waals surface area contributed by atoms with Gasteiger partial charge in [0.1, 0.15) is 22.8 Å². The number of aromatic nitrogens is 2. The van der Waals surface area contributed by atoms with Gasteiger partial charge in [0.05, 0.1) is 19.5 Å². The summed E-state index contributed by atoms with van der Waals surface area (Å²) in [6.45, 7) is 0.416. The van der Waals surface area contributed by atoms with Crippen LogP contribution in [0.5, 0.6) is 0 Å². The van der Waals surface area contributed by atoms with Gasteiger partial charge in [-0.25, -0.2) is 22.2 Å². The largest absolute Gasteiger partial charge is 0.359 e. The number of imidazole rings is 1. The lowest BCUT2D eigenvalue weighted by molar-refractivity contribution is -0.139. The van der Waals surface area contributed by atoms with Gasteiger partial charge in [0, 0.05) is 32.0 Å². The third-order valence-electron chi connectivity index (χ3n) is 4.50. The molecule has 2 heterocycles. The monoisotopic (exact) mass is 457 g/mol. The Labute approximate surface area is 177 Å². The Morgan fingerprint density at radius 2 is 2.00 bits per heavy atom. The van der Waals surface area contributed by atoms with Gasteiger partial charge >= 0.3 is 11.8 Å². The summed E-state index contributed by atoms with van der Waals surface area (Å²) in [6.07, 6.45) is 4.44. The maximum Gasteiger partial charge on any atom is 0.309 e. The second-order valence-corrected chi connectivity index (χ2v) is 8.49. The van der Waals surface area contributed by atoms with Crippen LogP contribution in [0.4, 0.5) is 8.78 Å². The van der Waals surface area contributed by atoms with Gasteiger partial charge in [0.25, 0.3) is 0 Å². The normalized spacial score (nSPS) is 16.9. The zero-order valence-electron chi connectivity index (χ0n) is 16.3. The minimum absolute atomic E-state index is 0.00283. The van der Waals surface area contributed by atoms with Crippen LogP contribution in [0.15, 0.2) is 41.8 Å². The molecule has 13 heteroatoms. The Balaban J connectivity index is 1.51. The van der Waals surface area contributed by atoms with Crippen LogP contribution in [0.1, 0.15) is 6.42 Å². The maximum atomic E-state index is 14.0.